The summed E-state index contributed by atoms with van der Waals surface area (Å²) in [5.74, 6) is -2.38. The highest BCUT2D eigenvalue weighted by atomic mass is 19.1. The number of para-hydroxylation sites is 1. The monoisotopic (exact) mass is 393 g/mol. The molecular formula is C22H20FN3O3. The Labute approximate surface area is 167 Å². The van der Waals surface area contributed by atoms with Gasteiger partial charge in [0, 0.05) is 18.8 Å². The third-order valence-electron chi connectivity index (χ3n) is 5.22. The fourth-order valence-corrected chi connectivity index (χ4v) is 3.66. The van der Waals surface area contributed by atoms with E-state index in [1.807, 2.05) is 25.1 Å². The molecule has 29 heavy (non-hydrogen) atoms. The number of imide groups is 2. The van der Waals surface area contributed by atoms with Crippen molar-refractivity contribution < 1.29 is 18.8 Å². The molecular weight excluding hydrogens is 373 g/mol. The summed E-state index contributed by atoms with van der Waals surface area (Å²) in [5.41, 5.74) is 2.27. The number of carbonyl (C=O) groups is 3. The summed E-state index contributed by atoms with van der Waals surface area (Å²) in [6, 6.07) is 10.3. The molecule has 4 amide bonds. The van der Waals surface area contributed by atoms with Crippen LogP contribution in [0.5, 0.6) is 0 Å². The first-order valence-corrected chi connectivity index (χ1v) is 9.47. The van der Waals surface area contributed by atoms with Crippen molar-refractivity contribution in [3.05, 3.63) is 65.0 Å². The van der Waals surface area contributed by atoms with Crippen LogP contribution in [0.2, 0.25) is 0 Å². The number of barbiturate groups is 1. The molecule has 2 fully saturated rings. The second-order valence-corrected chi connectivity index (χ2v) is 7.14. The Hall–Kier alpha value is -3.48. The van der Waals surface area contributed by atoms with Crippen molar-refractivity contribution in [1.29, 1.82) is 0 Å². The average Bonchev–Trinajstić information content (AvgIpc) is 3.22. The van der Waals surface area contributed by atoms with Crippen molar-refractivity contribution in [1.82, 2.24) is 5.32 Å². The molecule has 2 heterocycles. The zero-order valence-corrected chi connectivity index (χ0v) is 15.9. The second kappa shape index (κ2) is 7.50. The fraction of sp³-hybridized carbons (Fsp3) is 0.227. The fourth-order valence-electron chi connectivity index (χ4n) is 3.66. The van der Waals surface area contributed by atoms with E-state index in [0.717, 1.165) is 30.4 Å². The van der Waals surface area contributed by atoms with Crippen LogP contribution >= 0.6 is 0 Å². The Morgan fingerprint density at radius 1 is 1.03 bits per heavy atom. The molecule has 0 unspecified atom stereocenters. The van der Waals surface area contributed by atoms with E-state index in [-0.39, 0.29) is 11.3 Å². The molecule has 0 aromatic heterocycles. The summed E-state index contributed by atoms with van der Waals surface area (Å²) in [4.78, 5) is 40.4. The van der Waals surface area contributed by atoms with Gasteiger partial charge in [0.05, 0.1) is 5.69 Å². The number of amides is 4. The largest absolute Gasteiger partial charge is 0.372 e. The Kier molecular flexibility index (Phi) is 4.88. The summed E-state index contributed by atoms with van der Waals surface area (Å²) in [7, 11) is 0. The van der Waals surface area contributed by atoms with E-state index < -0.39 is 23.7 Å². The van der Waals surface area contributed by atoms with Crippen LogP contribution in [0.15, 0.2) is 48.0 Å². The molecule has 0 atom stereocenters. The maximum atomic E-state index is 14.1. The lowest BCUT2D eigenvalue weighted by molar-refractivity contribution is -0.122. The van der Waals surface area contributed by atoms with Crippen LogP contribution < -0.4 is 15.1 Å². The molecule has 4 rings (SSSR count). The minimum atomic E-state index is -0.969. The highest BCUT2D eigenvalue weighted by Crippen LogP contribution is 2.27. The van der Waals surface area contributed by atoms with E-state index in [1.54, 1.807) is 0 Å². The number of hydrogen-bond donors (Lipinski definition) is 1. The molecule has 2 saturated heterocycles. The highest BCUT2D eigenvalue weighted by Gasteiger charge is 2.38. The maximum absolute atomic E-state index is 14.1. The molecule has 0 aliphatic carbocycles. The number of nitrogens with zero attached hydrogens (tertiary/aromatic N) is 2. The third-order valence-corrected chi connectivity index (χ3v) is 5.22. The van der Waals surface area contributed by atoms with Crippen LogP contribution in [0.3, 0.4) is 0 Å². The lowest BCUT2D eigenvalue weighted by Gasteiger charge is -2.26. The Morgan fingerprint density at radius 2 is 1.76 bits per heavy atom. The maximum Gasteiger partial charge on any atom is 0.336 e. The minimum Gasteiger partial charge on any atom is -0.372 e. The van der Waals surface area contributed by atoms with Gasteiger partial charge in [-0.2, -0.15) is 0 Å². The van der Waals surface area contributed by atoms with Crippen LogP contribution in [-0.2, 0) is 9.59 Å². The van der Waals surface area contributed by atoms with Crippen LogP contribution in [0.4, 0.5) is 20.6 Å². The molecule has 0 bridgehead atoms. The molecule has 0 saturated carbocycles. The molecule has 148 valence electrons. The first kappa shape index (κ1) is 18.9. The third kappa shape index (κ3) is 3.51. The SMILES string of the molecule is Cc1cc(N2CCCC2)ccc1C=C1C(=O)NC(=O)N(c2ccccc2F)C1=O. The number of nitrogens with one attached hydrogen (secondary N) is 1. The van der Waals surface area contributed by atoms with Crippen LogP contribution in [-0.4, -0.2) is 30.9 Å². The van der Waals surface area contributed by atoms with E-state index in [0.29, 0.717) is 10.5 Å². The van der Waals surface area contributed by atoms with Crippen LogP contribution in [0.25, 0.3) is 6.08 Å². The summed E-state index contributed by atoms with van der Waals surface area (Å²) >= 11 is 0. The van der Waals surface area contributed by atoms with Crippen LogP contribution in [0, 0.1) is 12.7 Å². The van der Waals surface area contributed by atoms with E-state index in [2.05, 4.69) is 10.2 Å². The summed E-state index contributed by atoms with van der Waals surface area (Å²) < 4.78 is 14.1. The molecule has 6 nitrogen and oxygen atoms in total. The van der Waals surface area contributed by atoms with Crippen molar-refractivity contribution in [3.63, 3.8) is 0 Å². The molecule has 2 aromatic rings. The molecule has 0 spiro atoms. The average molecular weight is 393 g/mol. The number of carbonyl (C=O) groups excluding carboxylic acids is 3. The van der Waals surface area contributed by atoms with Gasteiger partial charge in [0.25, 0.3) is 11.8 Å². The number of halogens is 1. The van der Waals surface area contributed by atoms with Crippen molar-refractivity contribution >= 4 is 35.3 Å². The highest BCUT2D eigenvalue weighted by molar-refractivity contribution is 6.39. The molecule has 0 radical (unpaired) electrons. The van der Waals surface area contributed by atoms with Gasteiger partial charge >= 0.3 is 6.03 Å². The number of aryl methyl sites for hydroxylation is 1. The second-order valence-electron chi connectivity index (χ2n) is 7.14. The number of benzene rings is 2. The minimum absolute atomic E-state index is 0.200. The van der Waals surface area contributed by atoms with Gasteiger partial charge in [-0.1, -0.05) is 18.2 Å². The van der Waals surface area contributed by atoms with Crippen molar-refractivity contribution in [2.75, 3.05) is 22.9 Å². The van der Waals surface area contributed by atoms with E-state index in [1.165, 1.54) is 37.1 Å². The first-order chi connectivity index (χ1) is 14.0. The number of anilines is 2. The zero-order chi connectivity index (χ0) is 20.5. The lowest BCUT2D eigenvalue weighted by atomic mass is 10.0. The number of hydrogen-bond acceptors (Lipinski definition) is 4. The number of rotatable bonds is 3. The molecule has 1 N–H and O–H groups in total. The Morgan fingerprint density at radius 3 is 2.45 bits per heavy atom. The predicted octanol–water partition coefficient (Wildman–Crippen LogP) is 3.40. The summed E-state index contributed by atoms with van der Waals surface area (Å²) in [5, 5.41) is 2.12. The smallest absolute Gasteiger partial charge is 0.336 e. The van der Waals surface area contributed by atoms with Crippen molar-refractivity contribution in [2.24, 2.45) is 0 Å². The van der Waals surface area contributed by atoms with E-state index in [9.17, 15) is 18.8 Å². The van der Waals surface area contributed by atoms with Gasteiger partial charge in [-0.3, -0.25) is 14.9 Å². The van der Waals surface area contributed by atoms with Crippen molar-refractivity contribution in [3.8, 4) is 0 Å². The van der Waals surface area contributed by atoms with Crippen molar-refractivity contribution in [2.45, 2.75) is 19.8 Å². The van der Waals surface area contributed by atoms with Gasteiger partial charge in [0.1, 0.15) is 11.4 Å². The summed E-state index contributed by atoms with van der Waals surface area (Å²) in [6.45, 7) is 3.93. The lowest BCUT2D eigenvalue weighted by Crippen LogP contribution is -2.54. The predicted molar refractivity (Wildman–Crippen MR) is 108 cm³/mol. The van der Waals surface area contributed by atoms with Gasteiger partial charge in [0.15, 0.2) is 0 Å². The van der Waals surface area contributed by atoms with E-state index >= 15 is 0 Å². The summed E-state index contributed by atoms with van der Waals surface area (Å²) in [6.07, 6.45) is 3.78. The van der Waals surface area contributed by atoms with E-state index in [4.69, 9.17) is 0 Å². The van der Waals surface area contributed by atoms with Gasteiger partial charge in [-0.05, 0) is 61.2 Å². The van der Waals surface area contributed by atoms with Gasteiger partial charge in [-0.15, -0.1) is 0 Å². The molecule has 7 heteroatoms. The topological polar surface area (TPSA) is 69.7 Å². The Bertz CT molecular complexity index is 1040. The molecule has 2 aromatic carbocycles. The van der Waals surface area contributed by atoms with Crippen LogP contribution in [0.1, 0.15) is 24.0 Å². The molecule has 2 aliphatic rings. The quantitative estimate of drug-likeness (QED) is 0.641. The molecule has 2 aliphatic heterocycles. The van der Waals surface area contributed by atoms with Gasteiger partial charge < -0.3 is 4.90 Å². The van der Waals surface area contributed by atoms with Gasteiger partial charge in [-0.25, -0.2) is 14.1 Å². The zero-order valence-electron chi connectivity index (χ0n) is 15.9. The van der Waals surface area contributed by atoms with Gasteiger partial charge in [0.2, 0.25) is 0 Å². The Balaban J connectivity index is 1.69. The standard InChI is InChI=1S/C22H20FN3O3/c1-14-12-16(25-10-4-5-11-25)9-8-15(14)13-17-20(27)24-22(29)26(21(17)28)19-7-3-2-6-18(19)23/h2-3,6-9,12-13H,4-5,10-11H2,1H3,(H,24,27,29). The number of urea groups is 1. The normalized spacial score (nSPS) is 18.6. The first-order valence-electron chi connectivity index (χ1n) is 9.47.